The van der Waals surface area contributed by atoms with Crippen LogP contribution >= 0.6 is 11.6 Å². The minimum Gasteiger partial charge on any atom is -0.322 e. The lowest BCUT2D eigenvalue weighted by Gasteiger charge is -2.13. The summed E-state index contributed by atoms with van der Waals surface area (Å²) in [4.78, 5) is 11.9. The van der Waals surface area contributed by atoms with Gasteiger partial charge in [-0.1, -0.05) is 49.7 Å². The number of hydrogen-bond donors (Lipinski definition) is 1. The zero-order chi connectivity index (χ0) is 18.6. The summed E-state index contributed by atoms with van der Waals surface area (Å²) in [6.07, 6.45) is -1.87. The predicted octanol–water partition coefficient (Wildman–Crippen LogP) is 6.13. The van der Waals surface area contributed by atoms with Crippen molar-refractivity contribution >= 4 is 29.3 Å². The maximum atomic E-state index is 13.0. The first-order chi connectivity index (χ1) is 11.7. The number of halogens is 4. The Balaban J connectivity index is 2.12. The molecular formula is C19H17ClF3NO. The maximum absolute atomic E-state index is 13.0. The molecule has 0 heterocycles. The van der Waals surface area contributed by atoms with E-state index in [1.807, 2.05) is 24.3 Å². The van der Waals surface area contributed by atoms with Gasteiger partial charge >= 0.3 is 6.18 Å². The van der Waals surface area contributed by atoms with Gasteiger partial charge in [0.2, 0.25) is 5.91 Å². The zero-order valence-corrected chi connectivity index (χ0v) is 14.4. The van der Waals surface area contributed by atoms with Gasteiger partial charge in [0.1, 0.15) is 0 Å². The topological polar surface area (TPSA) is 29.1 Å². The Morgan fingerprint density at radius 3 is 2.32 bits per heavy atom. The molecule has 0 bridgehead atoms. The molecular weight excluding hydrogens is 351 g/mol. The fourth-order valence-electron chi connectivity index (χ4n) is 2.20. The molecule has 0 fully saturated rings. The molecule has 1 amide bonds. The number of alkyl halides is 3. The second-order valence-electron chi connectivity index (χ2n) is 5.83. The van der Waals surface area contributed by atoms with Crippen molar-refractivity contribution in [3.05, 3.63) is 70.3 Å². The summed E-state index contributed by atoms with van der Waals surface area (Å²) in [5.41, 5.74) is 0.633. The molecule has 0 saturated heterocycles. The normalized spacial score (nSPS) is 12.0. The van der Waals surface area contributed by atoms with Crippen LogP contribution in [0.25, 0.3) is 6.08 Å². The minimum atomic E-state index is -4.61. The molecule has 0 aliphatic carbocycles. The van der Waals surface area contributed by atoms with Crippen molar-refractivity contribution in [1.29, 1.82) is 0 Å². The summed E-state index contributed by atoms with van der Waals surface area (Å²) in [6, 6.07) is 10.8. The SMILES string of the molecule is CC(C)c1ccc(/C=C/C(=O)Nc2ccc(Cl)cc2C(F)(F)F)cc1. The van der Waals surface area contributed by atoms with Gasteiger partial charge in [-0.25, -0.2) is 0 Å². The van der Waals surface area contributed by atoms with Gasteiger partial charge in [0.25, 0.3) is 0 Å². The van der Waals surface area contributed by atoms with E-state index in [1.54, 1.807) is 6.08 Å². The van der Waals surface area contributed by atoms with Crippen LogP contribution in [0.3, 0.4) is 0 Å². The van der Waals surface area contributed by atoms with E-state index in [1.165, 1.54) is 12.1 Å². The smallest absolute Gasteiger partial charge is 0.322 e. The summed E-state index contributed by atoms with van der Waals surface area (Å²) in [6.45, 7) is 4.14. The third-order valence-corrected chi connectivity index (χ3v) is 3.81. The van der Waals surface area contributed by atoms with Crippen LogP contribution in [-0.4, -0.2) is 5.91 Å². The number of carbonyl (C=O) groups excluding carboxylic acids is 1. The summed E-state index contributed by atoms with van der Waals surface area (Å²) in [5.74, 6) is -0.257. The molecule has 0 unspecified atom stereocenters. The highest BCUT2D eigenvalue weighted by molar-refractivity contribution is 6.30. The van der Waals surface area contributed by atoms with E-state index in [0.29, 0.717) is 5.92 Å². The van der Waals surface area contributed by atoms with Crippen molar-refractivity contribution in [3.8, 4) is 0 Å². The van der Waals surface area contributed by atoms with Crippen LogP contribution in [0.2, 0.25) is 5.02 Å². The minimum absolute atomic E-state index is 0.0499. The lowest BCUT2D eigenvalue weighted by atomic mass is 10.0. The van der Waals surface area contributed by atoms with E-state index in [9.17, 15) is 18.0 Å². The van der Waals surface area contributed by atoms with Gasteiger partial charge in [0, 0.05) is 11.1 Å². The number of nitrogens with one attached hydrogen (secondary N) is 1. The number of rotatable bonds is 4. The molecule has 0 radical (unpaired) electrons. The van der Waals surface area contributed by atoms with Crippen LogP contribution in [0, 0.1) is 0 Å². The molecule has 0 aromatic heterocycles. The molecule has 1 N–H and O–H groups in total. The van der Waals surface area contributed by atoms with Crippen molar-refractivity contribution in [2.45, 2.75) is 25.9 Å². The Bertz CT molecular complexity index is 780. The molecule has 6 heteroatoms. The van der Waals surface area contributed by atoms with Gasteiger partial charge < -0.3 is 5.32 Å². The Morgan fingerprint density at radius 1 is 1.12 bits per heavy atom. The van der Waals surface area contributed by atoms with Crippen molar-refractivity contribution in [2.75, 3.05) is 5.32 Å². The van der Waals surface area contributed by atoms with E-state index >= 15 is 0 Å². The molecule has 2 aromatic carbocycles. The molecule has 0 saturated carbocycles. The first-order valence-corrected chi connectivity index (χ1v) is 8.00. The van der Waals surface area contributed by atoms with Crippen LogP contribution in [0.5, 0.6) is 0 Å². The number of carbonyl (C=O) groups is 1. The molecule has 0 spiro atoms. The average molecular weight is 368 g/mol. The standard InChI is InChI=1S/C19H17ClF3NO/c1-12(2)14-6-3-13(4-7-14)5-10-18(25)24-17-9-8-15(20)11-16(17)19(21,22)23/h3-12H,1-2H3,(H,24,25)/b10-5+. The second-order valence-corrected chi connectivity index (χ2v) is 6.27. The van der Waals surface area contributed by atoms with Crippen LogP contribution in [0.15, 0.2) is 48.5 Å². The molecule has 0 aliphatic heterocycles. The van der Waals surface area contributed by atoms with E-state index < -0.39 is 17.6 Å². The first kappa shape index (κ1) is 19.1. The largest absolute Gasteiger partial charge is 0.418 e. The fraction of sp³-hybridized carbons (Fsp3) is 0.211. The van der Waals surface area contributed by atoms with E-state index in [-0.39, 0.29) is 10.7 Å². The average Bonchev–Trinajstić information content (AvgIpc) is 2.54. The van der Waals surface area contributed by atoms with Gasteiger partial charge in [0.05, 0.1) is 11.3 Å². The first-order valence-electron chi connectivity index (χ1n) is 7.62. The summed E-state index contributed by atoms with van der Waals surface area (Å²) < 4.78 is 39.0. The number of hydrogen-bond acceptors (Lipinski definition) is 1. The summed E-state index contributed by atoms with van der Waals surface area (Å²) in [7, 11) is 0. The van der Waals surface area contributed by atoms with E-state index in [2.05, 4.69) is 19.2 Å². The highest BCUT2D eigenvalue weighted by Crippen LogP contribution is 2.36. The van der Waals surface area contributed by atoms with E-state index in [0.717, 1.165) is 23.3 Å². The number of amides is 1. The maximum Gasteiger partial charge on any atom is 0.418 e. The third kappa shape index (κ3) is 5.36. The monoisotopic (exact) mass is 367 g/mol. The zero-order valence-electron chi connectivity index (χ0n) is 13.7. The van der Waals surface area contributed by atoms with Crippen molar-refractivity contribution in [3.63, 3.8) is 0 Å². The van der Waals surface area contributed by atoms with Crippen molar-refractivity contribution in [2.24, 2.45) is 0 Å². The Kier molecular flexibility index (Phi) is 5.90. The Labute approximate surface area is 149 Å². The van der Waals surface area contributed by atoms with Crippen LogP contribution in [0.1, 0.15) is 36.5 Å². The van der Waals surface area contributed by atoms with Gasteiger partial charge in [-0.3, -0.25) is 4.79 Å². The molecule has 2 rings (SSSR count). The van der Waals surface area contributed by atoms with Crippen LogP contribution < -0.4 is 5.32 Å². The van der Waals surface area contributed by atoms with Gasteiger partial charge in [-0.2, -0.15) is 13.2 Å². The summed E-state index contributed by atoms with van der Waals surface area (Å²) >= 11 is 5.61. The van der Waals surface area contributed by atoms with Gasteiger partial charge in [-0.05, 0) is 41.3 Å². The van der Waals surface area contributed by atoms with Crippen LogP contribution in [0.4, 0.5) is 18.9 Å². The molecule has 0 atom stereocenters. The Morgan fingerprint density at radius 2 is 1.76 bits per heavy atom. The molecule has 2 aromatic rings. The third-order valence-electron chi connectivity index (χ3n) is 3.58. The molecule has 0 aliphatic rings. The van der Waals surface area contributed by atoms with Gasteiger partial charge in [0.15, 0.2) is 0 Å². The molecule has 2 nitrogen and oxygen atoms in total. The second kappa shape index (κ2) is 7.74. The van der Waals surface area contributed by atoms with E-state index in [4.69, 9.17) is 11.6 Å². The number of anilines is 1. The van der Waals surface area contributed by atoms with Crippen molar-refractivity contribution in [1.82, 2.24) is 0 Å². The summed E-state index contributed by atoms with van der Waals surface area (Å²) in [5, 5.41) is 2.19. The Hall–Kier alpha value is -2.27. The highest BCUT2D eigenvalue weighted by atomic mass is 35.5. The fourth-order valence-corrected chi connectivity index (χ4v) is 2.37. The van der Waals surface area contributed by atoms with Crippen LogP contribution in [-0.2, 0) is 11.0 Å². The highest BCUT2D eigenvalue weighted by Gasteiger charge is 2.34. The predicted molar refractivity (Wildman–Crippen MR) is 94.6 cm³/mol. The molecule has 132 valence electrons. The molecule has 25 heavy (non-hydrogen) atoms. The lowest BCUT2D eigenvalue weighted by Crippen LogP contribution is -2.14. The quantitative estimate of drug-likeness (QED) is 0.646. The lowest BCUT2D eigenvalue weighted by molar-refractivity contribution is -0.136. The van der Waals surface area contributed by atoms with Crippen molar-refractivity contribution < 1.29 is 18.0 Å². The number of benzene rings is 2. The van der Waals surface area contributed by atoms with Gasteiger partial charge in [-0.15, -0.1) is 0 Å².